The molecule has 0 aliphatic rings. The van der Waals surface area contributed by atoms with Crippen molar-refractivity contribution < 1.29 is 23.1 Å². The Kier molecular flexibility index (Phi) is 4.17. The van der Waals surface area contributed by atoms with Crippen LogP contribution in [0.5, 0.6) is 0 Å². The van der Waals surface area contributed by atoms with E-state index < -0.39 is 17.7 Å². The average Bonchev–Trinajstić information content (AvgIpc) is 2.82. The summed E-state index contributed by atoms with van der Waals surface area (Å²) in [5, 5.41) is 11.9. The number of carbonyl (C=O) groups is 1. The molecule has 2 N–H and O–H groups in total. The van der Waals surface area contributed by atoms with Crippen LogP contribution in [-0.4, -0.2) is 22.0 Å². The highest BCUT2D eigenvalue weighted by molar-refractivity contribution is 7.09. The van der Waals surface area contributed by atoms with Gasteiger partial charge in [0.1, 0.15) is 5.69 Å². The minimum absolute atomic E-state index is 0.0238. The van der Waals surface area contributed by atoms with E-state index in [0.29, 0.717) is 6.54 Å². The first-order chi connectivity index (χ1) is 9.84. The van der Waals surface area contributed by atoms with Crippen molar-refractivity contribution in [2.75, 3.05) is 11.9 Å². The lowest BCUT2D eigenvalue weighted by molar-refractivity contribution is -0.137. The maximum absolute atomic E-state index is 12.7. The van der Waals surface area contributed by atoms with Crippen molar-refractivity contribution in [1.29, 1.82) is 0 Å². The Hall–Kier alpha value is -2.09. The van der Waals surface area contributed by atoms with Gasteiger partial charge in [0, 0.05) is 12.1 Å². The van der Waals surface area contributed by atoms with Gasteiger partial charge in [0.15, 0.2) is 4.88 Å². The second-order valence-electron chi connectivity index (χ2n) is 4.15. The number of rotatable bonds is 4. The SMILES string of the molecule is CCNc1c(-c2cccc(C(F)(F)F)c2)nsc1C(=O)O. The van der Waals surface area contributed by atoms with E-state index in [1.807, 2.05) is 0 Å². The van der Waals surface area contributed by atoms with Crippen molar-refractivity contribution in [1.82, 2.24) is 4.37 Å². The maximum Gasteiger partial charge on any atom is 0.416 e. The van der Waals surface area contributed by atoms with E-state index in [2.05, 4.69) is 9.69 Å². The van der Waals surface area contributed by atoms with Gasteiger partial charge in [-0.25, -0.2) is 4.79 Å². The van der Waals surface area contributed by atoms with Crippen LogP contribution in [0.2, 0.25) is 0 Å². The van der Waals surface area contributed by atoms with Gasteiger partial charge in [-0.15, -0.1) is 0 Å². The molecule has 4 nitrogen and oxygen atoms in total. The molecule has 0 aliphatic carbocycles. The standard InChI is InChI=1S/C13H11F3N2O2S/c1-2-17-10-9(18-21-11(10)12(19)20)7-4-3-5-8(6-7)13(14,15)16/h3-6,17H,2H2,1H3,(H,19,20). The van der Waals surface area contributed by atoms with Crippen molar-refractivity contribution >= 4 is 23.2 Å². The summed E-state index contributed by atoms with van der Waals surface area (Å²) < 4.78 is 42.2. The minimum atomic E-state index is -4.46. The van der Waals surface area contributed by atoms with Crippen LogP contribution in [0.15, 0.2) is 24.3 Å². The first-order valence-electron chi connectivity index (χ1n) is 5.99. The molecule has 0 aliphatic heterocycles. The van der Waals surface area contributed by atoms with Crippen LogP contribution >= 0.6 is 11.5 Å². The first kappa shape index (κ1) is 15.3. The Morgan fingerprint density at radius 2 is 2.14 bits per heavy atom. The van der Waals surface area contributed by atoms with Gasteiger partial charge >= 0.3 is 12.1 Å². The molecule has 0 fully saturated rings. The number of aromatic nitrogens is 1. The number of nitrogens with one attached hydrogen (secondary N) is 1. The predicted octanol–water partition coefficient (Wildman–Crippen LogP) is 3.96. The number of nitrogens with zero attached hydrogens (tertiary/aromatic N) is 1. The van der Waals surface area contributed by atoms with E-state index in [1.165, 1.54) is 12.1 Å². The van der Waals surface area contributed by atoms with Crippen molar-refractivity contribution in [2.24, 2.45) is 0 Å². The van der Waals surface area contributed by atoms with E-state index in [-0.39, 0.29) is 21.8 Å². The van der Waals surface area contributed by atoms with E-state index in [0.717, 1.165) is 23.7 Å². The number of hydrogen-bond donors (Lipinski definition) is 2. The lowest BCUT2D eigenvalue weighted by Crippen LogP contribution is -2.05. The molecule has 0 spiro atoms. The molecule has 0 radical (unpaired) electrons. The molecule has 2 rings (SSSR count). The normalized spacial score (nSPS) is 11.4. The van der Waals surface area contributed by atoms with Crippen LogP contribution in [0.4, 0.5) is 18.9 Å². The highest BCUT2D eigenvalue weighted by atomic mass is 32.1. The molecule has 0 amide bonds. The zero-order valence-corrected chi connectivity index (χ0v) is 11.7. The number of carboxylic acids is 1. The number of anilines is 1. The zero-order chi connectivity index (χ0) is 15.6. The van der Waals surface area contributed by atoms with Crippen LogP contribution in [0.3, 0.4) is 0 Å². The van der Waals surface area contributed by atoms with Crippen LogP contribution in [0.25, 0.3) is 11.3 Å². The van der Waals surface area contributed by atoms with E-state index in [4.69, 9.17) is 5.11 Å². The summed E-state index contributed by atoms with van der Waals surface area (Å²) >= 11 is 0.739. The lowest BCUT2D eigenvalue weighted by atomic mass is 10.1. The number of carboxylic acid groups (broad SMARTS) is 1. The minimum Gasteiger partial charge on any atom is -0.477 e. The van der Waals surface area contributed by atoms with Gasteiger partial charge in [0.25, 0.3) is 0 Å². The summed E-state index contributed by atoms with van der Waals surface area (Å²) in [6.07, 6.45) is -4.46. The Morgan fingerprint density at radius 1 is 1.43 bits per heavy atom. The molecular formula is C13H11F3N2O2S. The first-order valence-corrected chi connectivity index (χ1v) is 6.76. The molecule has 1 aromatic carbocycles. The fraction of sp³-hybridized carbons (Fsp3) is 0.231. The third-order valence-corrected chi connectivity index (χ3v) is 3.54. The quantitative estimate of drug-likeness (QED) is 0.896. The smallest absolute Gasteiger partial charge is 0.416 e. The number of aromatic carboxylic acids is 1. The Bertz CT molecular complexity index is 668. The molecule has 8 heteroatoms. The highest BCUT2D eigenvalue weighted by Gasteiger charge is 2.31. The Balaban J connectivity index is 2.54. The molecule has 1 aromatic heterocycles. The molecule has 2 aromatic rings. The largest absolute Gasteiger partial charge is 0.477 e. The fourth-order valence-electron chi connectivity index (χ4n) is 1.82. The van der Waals surface area contributed by atoms with Crippen LogP contribution < -0.4 is 5.32 Å². The molecule has 112 valence electrons. The summed E-state index contributed by atoms with van der Waals surface area (Å²) in [5.41, 5.74) is -0.114. The Morgan fingerprint density at radius 3 is 2.71 bits per heavy atom. The molecular weight excluding hydrogens is 305 g/mol. The summed E-state index contributed by atoms with van der Waals surface area (Å²) in [5.74, 6) is -1.17. The predicted molar refractivity (Wildman–Crippen MR) is 73.7 cm³/mol. The molecule has 0 unspecified atom stereocenters. The second kappa shape index (κ2) is 5.72. The molecule has 0 saturated heterocycles. The average molecular weight is 316 g/mol. The van der Waals surface area contributed by atoms with E-state index in [1.54, 1.807) is 6.92 Å². The van der Waals surface area contributed by atoms with Crippen molar-refractivity contribution in [2.45, 2.75) is 13.1 Å². The fourth-order valence-corrected chi connectivity index (χ4v) is 2.53. The number of hydrogen-bond acceptors (Lipinski definition) is 4. The number of benzene rings is 1. The Labute approximate surface area is 122 Å². The molecule has 0 saturated carbocycles. The molecule has 21 heavy (non-hydrogen) atoms. The molecule has 0 atom stereocenters. The van der Waals surface area contributed by atoms with Gasteiger partial charge < -0.3 is 10.4 Å². The van der Waals surface area contributed by atoms with E-state index in [9.17, 15) is 18.0 Å². The highest BCUT2D eigenvalue weighted by Crippen LogP contribution is 2.36. The zero-order valence-electron chi connectivity index (χ0n) is 10.9. The van der Waals surface area contributed by atoms with Crippen molar-refractivity contribution in [3.63, 3.8) is 0 Å². The monoisotopic (exact) mass is 316 g/mol. The van der Waals surface area contributed by atoms with Crippen LogP contribution in [0.1, 0.15) is 22.2 Å². The second-order valence-corrected chi connectivity index (χ2v) is 4.92. The van der Waals surface area contributed by atoms with E-state index >= 15 is 0 Å². The van der Waals surface area contributed by atoms with Gasteiger partial charge in [-0.3, -0.25) is 0 Å². The van der Waals surface area contributed by atoms with Crippen molar-refractivity contribution in [3.8, 4) is 11.3 Å². The number of alkyl halides is 3. The van der Waals surface area contributed by atoms with Gasteiger partial charge in [-0.05, 0) is 30.6 Å². The van der Waals surface area contributed by atoms with Crippen LogP contribution in [0, 0.1) is 0 Å². The van der Waals surface area contributed by atoms with Gasteiger partial charge in [-0.1, -0.05) is 12.1 Å². The lowest BCUT2D eigenvalue weighted by Gasteiger charge is -2.09. The van der Waals surface area contributed by atoms with Gasteiger partial charge in [-0.2, -0.15) is 17.5 Å². The van der Waals surface area contributed by atoms with Gasteiger partial charge in [0.05, 0.1) is 11.3 Å². The number of halogens is 3. The maximum atomic E-state index is 12.7. The summed E-state index contributed by atoms with van der Waals surface area (Å²) in [6, 6.07) is 4.66. The summed E-state index contributed by atoms with van der Waals surface area (Å²) in [6.45, 7) is 2.20. The summed E-state index contributed by atoms with van der Waals surface area (Å²) in [4.78, 5) is 11.1. The third-order valence-electron chi connectivity index (χ3n) is 2.70. The molecule has 1 heterocycles. The van der Waals surface area contributed by atoms with Gasteiger partial charge in [0.2, 0.25) is 0 Å². The molecule has 0 bridgehead atoms. The summed E-state index contributed by atoms with van der Waals surface area (Å²) in [7, 11) is 0. The van der Waals surface area contributed by atoms with Crippen molar-refractivity contribution in [3.05, 3.63) is 34.7 Å². The van der Waals surface area contributed by atoms with Crippen LogP contribution in [-0.2, 0) is 6.18 Å². The third kappa shape index (κ3) is 3.15. The topological polar surface area (TPSA) is 62.2 Å².